The average molecular weight is 415 g/mol. The zero-order chi connectivity index (χ0) is 21.5. The van der Waals surface area contributed by atoms with Crippen LogP contribution in [0.15, 0.2) is 9.05 Å². The molecular weight excluding hydrogens is 384 g/mol. The SMILES string of the molecule is Cc1noc(C)c1CCC(=O)N1CCC2(CCC(=O)N2Cc2c(C)noc2C)CC1. The van der Waals surface area contributed by atoms with E-state index in [0.29, 0.717) is 38.9 Å². The number of likely N-dealkylation sites (tertiary alicyclic amines) is 2. The Hall–Kier alpha value is -2.64. The van der Waals surface area contributed by atoms with Crippen LogP contribution < -0.4 is 0 Å². The number of aryl methyl sites for hydroxylation is 4. The fraction of sp³-hybridized carbons (Fsp3) is 0.636. The molecule has 0 atom stereocenters. The highest BCUT2D eigenvalue weighted by Crippen LogP contribution is 2.40. The second-order valence-corrected chi connectivity index (χ2v) is 8.69. The molecule has 0 N–H and O–H groups in total. The molecule has 4 heterocycles. The van der Waals surface area contributed by atoms with E-state index in [-0.39, 0.29) is 17.4 Å². The van der Waals surface area contributed by atoms with E-state index in [1.165, 1.54) is 0 Å². The predicted molar refractivity (Wildman–Crippen MR) is 109 cm³/mol. The van der Waals surface area contributed by atoms with Gasteiger partial charge in [-0.2, -0.15) is 0 Å². The number of aromatic nitrogens is 2. The summed E-state index contributed by atoms with van der Waals surface area (Å²) >= 11 is 0. The minimum Gasteiger partial charge on any atom is -0.361 e. The largest absolute Gasteiger partial charge is 0.361 e. The first kappa shape index (κ1) is 20.6. The molecule has 2 fully saturated rings. The van der Waals surface area contributed by atoms with E-state index in [1.54, 1.807) is 0 Å². The van der Waals surface area contributed by atoms with Crippen LogP contribution in [0.2, 0.25) is 0 Å². The van der Waals surface area contributed by atoms with Crippen LogP contribution in [-0.4, -0.2) is 50.6 Å². The molecule has 0 radical (unpaired) electrons. The number of hydrogen-bond acceptors (Lipinski definition) is 6. The van der Waals surface area contributed by atoms with Gasteiger partial charge in [0.2, 0.25) is 11.8 Å². The van der Waals surface area contributed by atoms with Crippen molar-refractivity contribution in [3.8, 4) is 0 Å². The van der Waals surface area contributed by atoms with Crippen LogP contribution in [0.5, 0.6) is 0 Å². The molecule has 2 aromatic rings. The van der Waals surface area contributed by atoms with Gasteiger partial charge in [0.1, 0.15) is 11.5 Å². The number of rotatable bonds is 5. The molecule has 0 aliphatic carbocycles. The van der Waals surface area contributed by atoms with Crippen molar-refractivity contribution >= 4 is 11.8 Å². The van der Waals surface area contributed by atoms with Crippen molar-refractivity contribution in [2.45, 2.75) is 78.3 Å². The normalized spacial score (nSPS) is 18.6. The second-order valence-electron chi connectivity index (χ2n) is 8.69. The Balaban J connectivity index is 1.38. The molecule has 2 aromatic heterocycles. The Labute approximate surface area is 176 Å². The Morgan fingerprint density at radius 3 is 2.13 bits per heavy atom. The summed E-state index contributed by atoms with van der Waals surface area (Å²) in [7, 11) is 0. The highest BCUT2D eigenvalue weighted by molar-refractivity contribution is 5.80. The van der Waals surface area contributed by atoms with Crippen LogP contribution in [0.3, 0.4) is 0 Å². The number of amides is 2. The molecule has 8 nitrogen and oxygen atoms in total. The van der Waals surface area contributed by atoms with Crippen molar-refractivity contribution < 1.29 is 18.6 Å². The van der Waals surface area contributed by atoms with Gasteiger partial charge in [0, 0.05) is 42.6 Å². The molecule has 2 saturated heterocycles. The third kappa shape index (κ3) is 3.63. The van der Waals surface area contributed by atoms with Crippen LogP contribution in [0, 0.1) is 27.7 Å². The van der Waals surface area contributed by atoms with Crippen LogP contribution in [-0.2, 0) is 22.6 Å². The molecule has 0 saturated carbocycles. The molecule has 4 rings (SSSR count). The Morgan fingerprint density at radius 2 is 1.57 bits per heavy atom. The molecule has 0 aromatic carbocycles. The van der Waals surface area contributed by atoms with Gasteiger partial charge in [0.05, 0.1) is 17.9 Å². The standard InChI is InChI=1S/C22H30N4O4/c1-14-18(16(3)29-23-14)5-6-20(27)25-11-9-22(10-12-25)8-7-21(28)26(22)13-19-15(2)24-30-17(19)4/h5-13H2,1-4H3. The summed E-state index contributed by atoms with van der Waals surface area (Å²) in [4.78, 5) is 29.4. The number of hydrogen-bond donors (Lipinski definition) is 0. The lowest BCUT2D eigenvalue weighted by atomic mass is 9.84. The highest BCUT2D eigenvalue weighted by atomic mass is 16.5. The third-order valence-corrected chi connectivity index (χ3v) is 6.99. The van der Waals surface area contributed by atoms with Crippen LogP contribution in [0.4, 0.5) is 0 Å². The van der Waals surface area contributed by atoms with E-state index in [4.69, 9.17) is 9.05 Å². The molecule has 1 spiro atoms. The lowest BCUT2D eigenvalue weighted by Crippen LogP contribution is -2.53. The van der Waals surface area contributed by atoms with Crippen molar-refractivity contribution in [1.29, 1.82) is 0 Å². The lowest BCUT2D eigenvalue weighted by molar-refractivity contribution is -0.137. The fourth-order valence-corrected chi connectivity index (χ4v) is 4.96. The molecule has 2 amide bonds. The first-order valence-corrected chi connectivity index (χ1v) is 10.7. The molecule has 0 unspecified atom stereocenters. The molecule has 2 aliphatic rings. The first-order valence-electron chi connectivity index (χ1n) is 10.7. The van der Waals surface area contributed by atoms with Crippen molar-refractivity contribution in [2.75, 3.05) is 13.1 Å². The molecular formula is C22H30N4O4. The van der Waals surface area contributed by atoms with Gasteiger partial charge in [-0.05, 0) is 53.4 Å². The van der Waals surface area contributed by atoms with Gasteiger partial charge >= 0.3 is 0 Å². The number of nitrogens with zero attached hydrogens (tertiary/aromatic N) is 4. The summed E-state index contributed by atoms with van der Waals surface area (Å²) < 4.78 is 10.5. The summed E-state index contributed by atoms with van der Waals surface area (Å²) in [5, 5.41) is 7.99. The third-order valence-electron chi connectivity index (χ3n) is 6.99. The number of carbonyl (C=O) groups is 2. The van der Waals surface area contributed by atoms with Crippen molar-refractivity contribution in [2.24, 2.45) is 0 Å². The Bertz CT molecular complexity index is 913. The van der Waals surface area contributed by atoms with E-state index in [0.717, 1.165) is 53.3 Å². The maximum absolute atomic E-state index is 12.8. The van der Waals surface area contributed by atoms with Gasteiger partial charge in [0.25, 0.3) is 0 Å². The van der Waals surface area contributed by atoms with Gasteiger partial charge < -0.3 is 18.8 Å². The van der Waals surface area contributed by atoms with Crippen LogP contribution >= 0.6 is 0 Å². The van der Waals surface area contributed by atoms with Crippen molar-refractivity contribution in [1.82, 2.24) is 20.1 Å². The summed E-state index contributed by atoms with van der Waals surface area (Å²) in [5.74, 6) is 1.91. The smallest absolute Gasteiger partial charge is 0.223 e. The van der Waals surface area contributed by atoms with Gasteiger partial charge in [0.15, 0.2) is 0 Å². The minimum atomic E-state index is -0.161. The maximum Gasteiger partial charge on any atom is 0.223 e. The van der Waals surface area contributed by atoms with E-state index < -0.39 is 0 Å². The number of piperidine rings is 1. The summed E-state index contributed by atoms with van der Waals surface area (Å²) in [5.41, 5.74) is 3.57. The highest BCUT2D eigenvalue weighted by Gasteiger charge is 2.47. The van der Waals surface area contributed by atoms with Gasteiger partial charge in [-0.1, -0.05) is 10.3 Å². The molecule has 8 heteroatoms. The topological polar surface area (TPSA) is 92.7 Å². The Morgan fingerprint density at radius 1 is 0.967 bits per heavy atom. The summed E-state index contributed by atoms with van der Waals surface area (Å²) in [6.45, 7) is 9.51. The monoisotopic (exact) mass is 414 g/mol. The van der Waals surface area contributed by atoms with Crippen molar-refractivity contribution in [3.63, 3.8) is 0 Å². The van der Waals surface area contributed by atoms with Gasteiger partial charge in [-0.15, -0.1) is 0 Å². The van der Waals surface area contributed by atoms with E-state index in [2.05, 4.69) is 10.3 Å². The second kappa shape index (κ2) is 7.89. The maximum atomic E-state index is 12.8. The lowest BCUT2D eigenvalue weighted by Gasteiger charge is -2.45. The van der Waals surface area contributed by atoms with E-state index >= 15 is 0 Å². The molecule has 162 valence electrons. The predicted octanol–water partition coefficient (Wildman–Crippen LogP) is 3.01. The number of carbonyl (C=O) groups excluding carboxylic acids is 2. The van der Waals surface area contributed by atoms with E-state index in [1.807, 2.05) is 37.5 Å². The fourth-order valence-electron chi connectivity index (χ4n) is 4.96. The molecule has 2 aliphatic heterocycles. The van der Waals surface area contributed by atoms with Crippen LogP contribution in [0.25, 0.3) is 0 Å². The molecule has 0 bridgehead atoms. The van der Waals surface area contributed by atoms with Crippen LogP contribution in [0.1, 0.15) is 66.1 Å². The summed E-state index contributed by atoms with van der Waals surface area (Å²) in [6, 6.07) is 0. The zero-order valence-corrected chi connectivity index (χ0v) is 18.3. The zero-order valence-electron chi connectivity index (χ0n) is 18.3. The van der Waals surface area contributed by atoms with E-state index in [9.17, 15) is 9.59 Å². The first-order chi connectivity index (χ1) is 14.3. The quantitative estimate of drug-likeness (QED) is 0.747. The minimum absolute atomic E-state index is 0.159. The van der Waals surface area contributed by atoms with Crippen molar-refractivity contribution in [3.05, 3.63) is 34.0 Å². The Kier molecular flexibility index (Phi) is 5.42. The van der Waals surface area contributed by atoms with Gasteiger partial charge in [-0.25, -0.2) is 0 Å². The average Bonchev–Trinajstić information content (AvgIpc) is 3.33. The summed E-state index contributed by atoms with van der Waals surface area (Å²) in [6.07, 6.45) is 4.17. The molecule has 30 heavy (non-hydrogen) atoms. The van der Waals surface area contributed by atoms with Gasteiger partial charge in [-0.3, -0.25) is 9.59 Å².